The van der Waals surface area contributed by atoms with E-state index in [1.54, 1.807) is 11.8 Å². The van der Waals surface area contributed by atoms with Crippen molar-refractivity contribution in [3.63, 3.8) is 0 Å². The number of hydrogen-bond donors (Lipinski definition) is 2. The highest BCUT2D eigenvalue weighted by Gasteiger charge is 2.35. The van der Waals surface area contributed by atoms with Crippen molar-refractivity contribution in [3.8, 4) is 0 Å². The summed E-state index contributed by atoms with van der Waals surface area (Å²) < 4.78 is 0. The van der Waals surface area contributed by atoms with Gasteiger partial charge in [-0.1, -0.05) is 6.92 Å². The predicted molar refractivity (Wildman–Crippen MR) is 48.4 cm³/mol. The summed E-state index contributed by atoms with van der Waals surface area (Å²) in [5.41, 5.74) is -0.720. The molecule has 3 nitrogen and oxygen atoms in total. The molecule has 0 amide bonds. The molecule has 0 bridgehead atoms. The van der Waals surface area contributed by atoms with Gasteiger partial charge in [0.05, 0.1) is 5.60 Å². The number of rotatable bonds is 3. The third kappa shape index (κ3) is 2.68. The molecule has 1 aliphatic rings. The molecule has 2 atom stereocenters. The summed E-state index contributed by atoms with van der Waals surface area (Å²) in [6.07, 6.45) is 1.19. The van der Waals surface area contributed by atoms with Gasteiger partial charge in [-0.3, -0.25) is 4.79 Å². The van der Waals surface area contributed by atoms with Crippen LogP contribution in [0.5, 0.6) is 0 Å². The maximum absolute atomic E-state index is 10.3. The lowest BCUT2D eigenvalue weighted by atomic mass is 9.95. The number of aliphatic carboxylic acids is 1. The van der Waals surface area contributed by atoms with E-state index in [9.17, 15) is 9.90 Å². The second kappa shape index (κ2) is 3.66. The lowest BCUT2D eigenvalue weighted by Gasteiger charge is -2.19. The Balaban J connectivity index is 2.35. The van der Waals surface area contributed by atoms with E-state index in [4.69, 9.17) is 5.11 Å². The first-order valence-corrected chi connectivity index (χ1v) is 5.12. The van der Waals surface area contributed by atoms with E-state index in [2.05, 4.69) is 6.92 Å². The van der Waals surface area contributed by atoms with Crippen LogP contribution in [0.15, 0.2) is 0 Å². The maximum Gasteiger partial charge on any atom is 0.303 e. The van der Waals surface area contributed by atoms with Gasteiger partial charge in [-0.25, -0.2) is 0 Å². The topological polar surface area (TPSA) is 57.5 Å². The first-order chi connectivity index (χ1) is 5.52. The molecule has 0 saturated carbocycles. The molecule has 0 spiro atoms. The molecule has 0 aromatic rings. The van der Waals surface area contributed by atoms with Crippen molar-refractivity contribution in [2.24, 2.45) is 0 Å². The summed E-state index contributed by atoms with van der Waals surface area (Å²) in [4.78, 5) is 10.3. The van der Waals surface area contributed by atoms with Crippen LogP contribution in [0.3, 0.4) is 0 Å². The van der Waals surface area contributed by atoms with Crippen molar-refractivity contribution < 1.29 is 15.0 Å². The minimum Gasteiger partial charge on any atom is -0.481 e. The summed E-state index contributed by atoms with van der Waals surface area (Å²) in [5.74, 6) is -0.144. The fraction of sp³-hybridized carbons (Fsp3) is 0.875. The number of hydrogen-bond acceptors (Lipinski definition) is 3. The molecule has 1 heterocycles. The maximum atomic E-state index is 10.3. The number of carboxylic acids is 1. The summed E-state index contributed by atoms with van der Waals surface area (Å²) in [7, 11) is 0. The molecule has 2 unspecified atom stereocenters. The van der Waals surface area contributed by atoms with Gasteiger partial charge in [-0.05, 0) is 12.8 Å². The highest BCUT2D eigenvalue weighted by Crippen LogP contribution is 2.36. The predicted octanol–water partition coefficient (Wildman–Crippen LogP) is 1.11. The molecule has 1 saturated heterocycles. The first-order valence-electron chi connectivity index (χ1n) is 4.08. The van der Waals surface area contributed by atoms with Crippen LogP contribution >= 0.6 is 11.8 Å². The third-order valence-electron chi connectivity index (χ3n) is 2.11. The second-order valence-electron chi connectivity index (χ2n) is 3.44. The van der Waals surface area contributed by atoms with E-state index in [0.29, 0.717) is 17.4 Å². The zero-order valence-electron chi connectivity index (χ0n) is 7.12. The number of thioether (sulfide) groups is 1. The summed E-state index contributed by atoms with van der Waals surface area (Å²) >= 11 is 1.71. The van der Waals surface area contributed by atoms with Crippen molar-refractivity contribution in [1.82, 2.24) is 0 Å². The van der Waals surface area contributed by atoms with Gasteiger partial charge in [0.2, 0.25) is 0 Å². The fourth-order valence-corrected chi connectivity index (χ4v) is 2.75. The van der Waals surface area contributed by atoms with Crippen LogP contribution in [0.25, 0.3) is 0 Å². The molecular weight excluding hydrogens is 176 g/mol. The minimum absolute atomic E-state index is 0.0732. The van der Waals surface area contributed by atoms with E-state index in [1.165, 1.54) is 0 Å². The molecule has 12 heavy (non-hydrogen) atoms. The van der Waals surface area contributed by atoms with Gasteiger partial charge in [-0.15, -0.1) is 0 Å². The SMILES string of the molecule is CC1CC(O)(CCC(=O)O)CS1. The lowest BCUT2D eigenvalue weighted by molar-refractivity contribution is -0.138. The standard InChI is InChI=1S/C8H14O3S/c1-6-4-8(11,5-12-6)3-2-7(9)10/h6,11H,2-5H2,1H3,(H,9,10). The number of carbonyl (C=O) groups is 1. The molecular formula is C8H14O3S. The molecule has 2 N–H and O–H groups in total. The Morgan fingerprint density at radius 1 is 1.75 bits per heavy atom. The smallest absolute Gasteiger partial charge is 0.303 e. The second-order valence-corrected chi connectivity index (χ2v) is 4.87. The van der Waals surface area contributed by atoms with Gasteiger partial charge >= 0.3 is 5.97 Å². The zero-order valence-corrected chi connectivity index (χ0v) is 7.93. The van der Waals surface area contributed by atoms with Crippen molar-refractivity contribution in [1.29, 1.82) is 0 Å². The first kappa shape index (κ1) is 9.86. The van der Waals surface area contributed by atoms with Crippen LogP contribution in [0, 0.1) is 0 Å². The van der Waals surface area contributed by atoms with Crippen molar-refractivity contribution in [2.75, 3.05) is 5.75 Å². The Morgan fingerprint density at radius 2 is 2.42 bits per heavy atom. The number of aliphatic hydroxyl groups is 1. The lowest BCUT2D eigenvalue weighted by Crippen LogP contribution is -2.29. The van der Waals surface area contributed by atoms with E-state index >= 15 is 0 Å². The summed E-state index contributed by atoms with van der Waals surface area (Å²) in [6.45, 7) is 2.06. The minimum atomic E-state index is -0.826. The van der Waals surface area contributed by atoms with E-state index in [1.807, 2.05) is 0 Å². The molecule has 0 radical (unpaired) electrons. The van der Waals surface area contributed by atoms with Crippen LogP contribution < -0.4 is 0 Å². The molecule has 0 aliphatic carbocycles. The average Bonchev–Trinajstić information content (AvgIpc) is 2.29. The number of carboxylic acid groups (broad SMARTS) is 1. The molecule has 0 aromatic carbocycles. The van der Waals surface area contributed by atoms with Crippen LogP contribution in [0.4, 0.5) is 0 Å². The van der Waals surface area contributed by atoms with Gasteiger partial charge < -0.3 is 10.2 Å². The van der Waals surface area contributed by atoms with Crippen LogP contribution in [0.2, 0.25) is 0 Å². The highest BCUT2D eigenvalue weighted by atomic mass is 32.2. The van der Waals surface area contributed by atoms with Gasteiger partial charge in [0.25, 0.3) is 0 Å². The Morgan fingerprint density at radius 3 is 2.83 bits per heavy atom. The quantitative estimate of drug-likeness (QED) is 0.700. The van der Waals surface area contributed by atoms with E-state index < -0.39 is 11.6 Å². The Labute approximate surface area is 76.2 Å². The molecule has 4 heteroatoms. The molecule has 0 aromatic heterocycles. The van der Waals surface area contributed by atoms with Gasteiger partial charge in [0.1, 0.15) is 0 Å². The fourth-order valence-electron chi connectivity index (χ4n) is 1.46. The molecule has 70 valence electrons. The largest absolute Gasteiger partial charge is 0.481 e. The summed E-state index contributed by atoms with van der Waals surface area (Å²) in [5, 5.41) is 18.7. The summed E-state index contributed by atoms with van der Waals surface area (Å²) in [6, 6.07) is 0. The Kier molecular flexibility index (Phi) is 3.01. The highest BCUT2D eigenvalue weighted by molar-refractivity contribution is 8.00. The normalized spacial score (nSPS) is 35.3. The molecule has 1 aliphatic heterocycles. The Bertz CT molecular complexity index is 183. The van der Waals surface area contributed by atoms with Crippen molar-refractivity contribution in [3.05, 3.63) is 0 Å². The van der Waals surface area contributed by atoms with Crippen molar-refractivity contribution in [2.45, 2.75) is 37.0 Å². The van der Waals surface area contributed by atoms with E-state index in [0.717, 1.165) is 6.42 Å². The third-order valence-corrected chi connectivity index (χ3v) is 3.55. The zero-order chi connectivity index (χ0) is 9.19. The van der Waals surface area contributed by atoms with Crippen LogP contribution in [-0.2, 0) is 4.79 Å². The molecule has 1 fully saturated rings. The van der Waals surface area contributed by atoms with Gasteiger partial charge in [-0.2, -0.15) is 11.8 Å². The van der Waals surface area contributed by atoms with Gasteiger partial charge in [0.15, 0.2) is 0 Å². The average molecular weight is 190 g/mol. The van der Waals surface area contributed by atoms with Crippen molar-refractivity contribution >= 4 is 17.7 Å². The van der Waals surface area contributed by atoms with Gasteiger partial charge in [0, 0.05) is 17.4 Å². The monoisotopic (exact) mass is 190 g/mol. The molecule has 1 rings (SSSR count). The van der Waals surface area contributed by atoms with Crippen LogP contribution in [0.1, 0.15) is 26.2 Å². The van der Waals surface area contributed by atoms with Crippen LogP contribution in [-0.4, -0.2) is 32.8 Å². The Hall–Kier alpha value is -0.220. The van der Waals surface area contributed by atoms with E-state index in [-0.39, 0.29) is 6.42 Å².